The van der Waals surface area contributed by atoms with Gasteiger partial charge in [-0.3, -0.25) is 0 Å². The molecule has 0 radical (unpaired) electrons. The van der Waals surface area contributed by atoms with E-state index in [2.05, 4.69) is 0 Å². The predicted molar refractivity (Wildman–Crippen MR) is 58.4 cm³/mol. The normalized spacial score (nSPS) is 18.5. The summed E-state index contributed by atoms with van der Waals surface area (Å²) in [6.45, 7) is 6.03. The molecule has 0 unspecified atom stereocenters. The van der Waals surface area contributed by atoms with Crippen molar-refractivity contribution in [2.45, 2.75) is 39.0 Å². The Bertz CT molecular complexity index is 307. The minimum absolute atomic E-state index is 0.0470. The quantitative estimate of drug-likeness (QED) is 0.823. The number of hydrogen-bond acceptors (Lipinski definition) is 3. The van der Waals surface area contributed by atoms with Crippen molar-refractivity contribution in [1.82, 2.24) is 4.90 Å². The minimum atomic E-state index is -1.85. The summed E-state index contributed by atoms with van der Waals surface area (Å²) < 4.78 is 18.0. The van der Waals surface area contributed by atoms with Crippen LogP contribution in [0, 0.1) is 5.92 Å². The maximum absolute atomic E-state index is 12.9. The van der Waals surface area contributed by atoms with E-state index in [4.69, 9.17) is 9.84 Å². The summed E-state index contributed by atoms with van der Waals surface area (Å²) in [4.78, 5) is 23.2. The van der Waals surface area contributed by atoms with E-state index >= 15 is 0 Å². The number of hydrogen-bond donors (Lipinski definition) is 1. The number of likely N-dealkylation sites (tertiary alicyclic amines) is 1. The lowest BCUT2D eigenvalue weighted by Gasteiger charge is -2.39. The van der Waals surface area contributed by atoms with Crippen LogP contribution in [0.4, 0.5) is 9.18 Å². The van der Waals surface area contributed by atoms with Crippen LogP contribution in [0.25, 0.3) is 0 Å². The van der Waals surface area contributed by atoms with Gasteiger partial charge in [0, 0.05) is 13.1 Å². The summed E-state index contributed by atoms with van der Waals surface area (Å²) in [6, 6.07) is 0. The van der Waals surface area contributed by atoms with Gasteiger partial charge in [-0.15, -0.1) is 0 Å². The summed E-state index contributed by atoms with van der Waals surface area (Å²) in [5.74, 6) is -1.53. The third-order valence-corrected chi connectivity index (χ3v) is 2.42. The Morgan fingerprint density at radius 1 is 1.47 bits per heavy atom. The van der Waals surface area contributed by atoms with E-state index in [1.165, 1.54) is 4.90 Å². The highest BCUT2D eigenvalue weighted by atomic mass is 19.1. The smallest absolute Gasteiger partial charge is 0.410 e. The number of carboxylic acid groups (broad SMARTS) is 1. The van der Waals surface area contributed by atoms with Crippen LogP contribution < -0.4 is 0 Å². The summed E-state index contributed by atoms with van der Waals surface area (Å²) in [7, 11) is 0. The zero-order valence-corrected chi connectivity index (χ0v) is 10.3. The van der Waals surface area contributed by atoms with Gasteiger partial charge in [-0.05, 0) is 33.1 Å². The molecule has 5 nitrogen and oxygen atoms in total. The molecule has 1 amide bonds. The van der Waals surface area contributed by atoms with Crippen molar-refractivity contribution in [3.63, 3.8) is 0 Å². The van der Waals surface area contributed by atoms with Crippen LogP contribution in [0.1, 0.15) is 27.2 Å². The fraction of sp³-hybridized carbons (Fsp3) is 0.818. The van der Waals surface area contributed by atoms with Crippen LogP contribution in [-0.4, -0.2) is 46.9 Å². The predicted octanol–water partition coefficient (Wildman–Crippen LogP) is 1.67. The second-order valence-corrected chi connectivity index (χ2v) is 5.29. The molecule has 0 aromatic heterocycles. The highest BCUT2D eigenvalue weighted by Crippen LogP contribution is 2.24. The van der Waals surface area contributed by atoms with Gasteiger partial charge in [0.05, 0.1) is 0 Å². The molecule has 0 spiro atoms. The van der Waals surface area contributed by atoms with Crippen LogP contribution in [0.15, 0.2) is 0 Å². The number of rotatable bonds is 3. The summed E-state index contributed by atoms with van der Waals surface area (Å²) >= 11 is 0. The fourth-order valence-electron chi connectivity index (χ4n) is 1.59. The Morgan fingerprint density at radius 2 is 2.00 bits per heavy atom. The Morgan fingerprint density at radius 3 is 2.41 bits per heavy atom. The average Bonchev–Trinajstić information content (AvgIpc) is 2.06. The van der Waals surface area contributed by atoms with Gasteiger partial charge in [0.1, 0.15) is 5.60 Å². The van der Waals surface area contributed by atoms with E-state index in [1.807, 2.05) is 0 Å². The number of halogens is 1. The number of amides is 1. The van der Waals surface area contributed by atoms with E-state index in [-0.39, 0.29) is 12.3 Å². The molecule has 1 rings (SSSR count). The van der Waals surface area contributed by atoms with Crippen LogP contribution >= 0.6 is 0 Å². The SMILES string of the molecule is CC(C)(C)OC(=O)N1CC(C[C@@H](F)C(=O)O)C1. The van der Waals surface area contributed by atoms with Gasteiger partial charge in [-0.2, -0.15) is 0 Å². The van der Waals surface area contributed by atoms with Gasteiger partial charge in [0.25, 0.3) is 0 Å². The largest absolute Gasteiger partial charge is 0.479 e. The molecule has 1 aliphatic heterocycles. The highest BCUT2D eigenvalue weighted by Gasteiger charge is 2.36. The average molecular weight is 247 g/mol. The molecule has 0 bridgehead atoms. The fourth-order valence-corrected chi connectivity index (χ4v) is 1.59. The Labute approximate surface area is 99.5 Å². The monoisotopic (exact) mass is 247 g/mol. The molecule has 1 atom stereocenters. The lowest BCUT2D eigenvalue weighted by molar-refractivity contribution is -0.143. The molecule has 1 N–H and O–H groups in total. The standard InChI is InChI=1S/C11H18FNO4/c1-11(2,3)17-10(16)13-5-7(6-13)4-8(12)9(14)15/h7-8H,4-6H2,1-3H3,(H,14,15)/t8-/m1/s1. The topological polar surface area (TPSA) is 66.8 Å². The van der Waals surface area contributed by atoms with Gasteiger partial charge < -0.3 is 14.7 Å². The molecule has 6 heteroatoms. The number of alkyl halides is 1. The van der Waals surface area contributed by atoms with Gasteiger partial charge in [-0.1, -0.05) is 0 Å². The number of nitrogens with zero attached hydrogens (tertiary/aromatic N) is 1. The number of carbonyl (C=O) groups is 2. The van der Waals surface area contributed by atoms with Crippen LogP contribution in [0.3, 0.4) is 0 Å². The molecule has 17 heavy (non-hydrogen) atoms. The van der Waals surface area contributed by atoms with Crippen LogP contribution in [0.5, 0.6) is 0 Å². The first-order valence-electron chi connectivity index (χ1n) is 5.54. The molecule has 0 aromatic rings. The second kappa shape index (κ2) is 4.89. The molecule has 0 aromatic carbocycles. The maximum Gasteiger partial charge on any atom is 0.410 e. The Hall–Kier alpha value is -1.33. The third-order valence-electron chi connectivity index (χ3n) is 2.42. The third kappa shape index (κ3) is 4.20. The Kier molecular flexibility index (Phi) is 3.95. The van der Waals surface area contributed by atoms with Crippen molar-refractivity contribution >= 4 is 12.1 Å². The second-order valence-electron chi connectivity index (χ2n) is 5.29. The van der Waals surface area contributed by atoms with E-state index < -0.39 is 23.8 Å². The molecule has 1 heterocycles. The number of carboxylic acids is 1. The summed E-state index contributed by atoms with van der Waals surface area (Å²) in [6.07, 6.45) is -2.32. The number of ether oxygens (including phenoxy) is 1. The molecule has 0 aliphatic carbocycles. The van der Waals surface area contributed by atoms with E-state index in [0.717, 1.165) is 0 Å². The van der Waals surface area contributed by atoms with Gasteiger partial charge in [0.2, 0.25) is 0 Å². The van der Waals surface area contributed by atoms with E-state index in [1.54, 1.807) is 20.8 Å². The van der Waals surface area contributed by atoms with Gasteiger partial charge >= 0.3 is 12.1 Å². The van der Waals surface area contributed by atoms with Gasteiger partial charge in [0.15, 0.2) is 6.17 Å². The molecule has 1 saturated heterocycles. The van der Waals surface area contributed by atoms with Crippen molar-refractivity contribution in [2.75, 3.05) is 13.1 Å². The van der Waals surface area contributed by atoms with Crippen molar-refractivity contribution in [3.8, 4) is 0 Å². The van der Waals surface area contributed by atoms with Gasteiger partial charge in [-0.25, -0.2) is 14.0 Å². The van der Waals surface area contributed by atoms with Crippen LogP contribution in [-0.2, 0) is 9.53 Å². The minimum Gasteiger partial charge on any atom is -0.479 e. The number of aliphatic carboxylic acids is 1. The highest BCUT2D eigenvalue weighted by molar-refractivity contribution is 5.72. The lowest BCUT2D eigenvalue weighted by Crippen LogP contribution is -2.52. The maximum atomic E-state index is 12.9. The molecule has 0 saturated carbocycles. The van der Waals surface area contributed by atoms with Crippen molar-refractivity contribution in [3.05, 3.63) is 0 Å². The zero-order valence-electron chi connectivity index (χ0n) is 10.3. The van der Waals surface area contributed by atoms with Crippen molar-refractivity contribution in [2.24, 2.45) is 5.92 Å². The molecule has 1 aliphatic rings. The van der Waals surface area contributed by atoms with Crippen molar-refractivity contribution < 1.29 is 23.8 Å². The number of carbonyl (C=O) groups excluding carboxylic acids is 1. The van der Waals surface area contributed by atoms with Crippen molar-refractivity contribution in [1.29, 1.82) is 0 Å². The molecular formula is C11H18FNO4. The zero-order chi connectivity index (χ0) is 13.2. The van der Waals surface area contributed by atoms with Crippen LogP contribution in [0.2, 0.25) is 0 Å². The summed E-state index contributed by atoms with van der Waals surface area (Å²) in [5, 5.41) is 8.40. The lowest BCUT2D eigenvalue weighted by atomic mass is 9.94. The first kappa shape index (κ1) is 13.7. The molecular weight excluding hydrogens is 229 g/mol. The Balaban J connectivity index is 2.27. The first-order valence-corrected chi connectivity index (χ1v) is 5.54. The van der Waals surface area contributed by atoms with E-state index in [9.17, 15) is 14.0 Å². The first-order chi connectivity index (χ1) is 7.69. The summed E-state index contributed by atoms with van der Waals surface area (Å²) in [5.41, 5.74) is -0.550. The molecule has 1 fully saturated rings. The molecule has 98 valence electrons. The van der Waals surface area contributed by atoms with E-state index in [0.29, 0.717) is 13.1 Å².